The van der Waals surface area contributed by atoms with Crippen LogP contribution >= 0.6 is 0 Å². The molecule has 0 unspecified atom stereocenters. The molecule has 1 aromatic rings. The van der Waals surface area contributed by atoms with Crippen molar-refractivity contribution in [3.05, 3.63) is 11.9 Å². The number of hydrogen-bond donors (Lipinski definition) is 1. The Morgan fingerprint density at radius 1 is 1.67 bits per heavy atom. The van der Waals surface area contributed by atoms with Crippen molar-refractivity contribution >= 4 is 10.2 Å². The third-order valence-corrected chi connectivity index (χ3v) is 1.73. The van der Waals surface area contributed by atoms with Gasteiger partial charge in [0.25, 0.3) is 0 Å². The van der Waals surface area contributed by atoms with E-state index in [4.69, 9.17) is 9.84 Å². The van der Waals surface area contributed by atoms with Crippen molar-refractivity contribution in [1.29, 1.82) is 0 Å². The highest BCUT2D eigenvalue weighted by Crippen LogP contribution is 1.92. The van der Waals surface area contributed by atoms with Crippen LogP contribution in [0, 0.1) is 0 Å². The Morgan fingerprint density at radius 3 is 3.08 bits per heavy atom. The molecule has 1 rings (SSSR count). The number of aliphatic hydroxyl groups is 1. The monoisotopic (exact) mass is 187 g/mol. The van der Waals surface area contributed by atoms with Crippen molar-refractivity contribution < 1.29 is 9.84 Å². The molecule has 0 atom stereocenters. The molecule has 5 nitrogen and oxygen atoms in total. The van der Waals surface area contributed by atoms with Gasteiger partial charge in [0.1, 0.15) is 12.4 Å². The van der Waals surface area contributed by atoms with E-state index >= 15 is 0 Å². The van der Waals surface area contributed by atoms with Crippen molar-refractivity contribution in [2.75, 3.05) is 6.61 Å². The van der Waals surface area contributed by atoms with Gasteiger partial charge in [0.2, 0.25) is 0 Å². The van der Waals surface area contributed by atoms with Gasteiger partial charge in [0.15, 0.2) is 0 Å². The lowest BCUT2D eigenvalue weighted by Gasteiger charge is -1.99. The first-order chi connectivity index (χ1) is 5.86. The van der Waals surface area contributed by atoms with E-state index < -0.39 is 0 Å². The third kappa shape index (κ3) is 2.72. The van der Waals surface area contributed by atoms with Gasteiger partial charge in [-0.15, -0.1) is 5.10 Å². The predicted molar refractivity (Wildman–Crippen MR) is 46.6 cm³/mol. The summed E-state index contributed by atoms with van der Waals surface area (Å²) in [5, 5.41) is 16.1. The third-order valence-electron chi connectivity index (χ3n) is 1.32. The molecule has 0 aliphatic carbocycles. The van der Waals surface area contributed by atoms with Gasteiger partial charge in [-0.25, -0.2) is 4.68 Å². The molecule has 1 aromatic heterocycles. The fourth-order valence-corrected chi connectivity index (χ4v) is 1.07. The molecule has 12 heavy (non-hydrogen) atoms. The summed E-state index contributed by atoms with van der Waals surface area (Å²) in [5.74, 6) is 0. The Bertz CT molecular complexity index is 228. The molecule has 0 saturated heterocycles. The number of rotatable bonds is 5. The first-order valence-electron chi connectivity index (χ1n) is 3.94. The summed E-state index contributed by atoms with van der Waals surface area (Å²) in [4.78, 5) is 0. The zero-order valence-corrected chi connectivity index (χ0v) is 9.10. The van der Waals surface area contributed by atoms with Crippen LogP contribution in [0.5, 0.6) is 0 Å². The van der Waals surface area contributed by atoms with Crippen molar-refractivity contribution in [3.63, 3.8) is 0 Å². The van der Waals surface area contributed by atoms with E-state index in [2.05, 4.69) is 10.3 Å². The Balaban J connectivity index is 2.31. The van der Waals surface area contributed by atoms with Crippen LogP contribution < -0.4 is 0 Å². The van der Waals surface area contributed by atoms with Crippen molar-refractivity contribution in [3.8, 4) is 0 Å². The highest BCUT2D eigenvalue weighted by Gasteiger charge is 1.97. The first kappa shape index (κ1) is 9.37. The first-order valence-corrected chi connectivity index (χ1v) is 5.36. The van der Waals surface area contributed by atoms with E-state index in [0.29, 0.717) is 12.4 Å². The van der Waals surface area contributed by atoms with Gasteiger partial charge >= 0.3 is 0 Å². The predicted octanol–water partition coefficient (Wildman–Crippen LogP) is -1.47. The molecule has 1 N–H and O–H groups in total. The number of hydrogen-bond acceptors (Lipinski definition) is 4. The van der Waals surface area contributed by atoms with Gasteiger partial charge in [-0.1, -0.05) is 5.21 Å². The van der Waals surface area contributed by atoms with Gasteiger partial charge in [0, 0.05) is 16.8 Å². The molecule has 1 heterocycles. The van der Waals surface area contributed by atoms with Gasteiger partial charge in [-0.2, -0.15) is 0 Å². The van der Waals surface area contributed by atoms with E-state index in [1.807, 2.05) is 0 Å². The molecule has 0 spiro atoms. The molecule has 0 aliphatic rings. The van der Waals surface area contributed by atoms with E-state index in [1.165, 1.54) is 0 Å². The lowest BCUT2D eigenvalue weighted by atomic mass is 10.5. The van der Waals surface area contributed by atoms with Crippen LogP contribution in [0.25, 0.3) is 0 Å². The molecular formula is C6H13N3O2Si. The number of ether oxygens (including phenoxy) is 1. The molecule has 68 valence electrons. The van der Waals surface area contributed by atoms with Gasteiger partial charge in [-0.3, -0.25) is 0 Å². The second-order valence-electron chi connectivity index (χ2n) is 2.44. The minimum atomic E-state index is -0.0688. The van der Waals surface area contributed by atoms with Crippen LogP contribution in [0.3, 0.4) is 0 Å². The summed E-state index contributed by atoms with van der Waals surface area (Å²) in [6, 6.07) is 1.13. The normalized spacial score (nSPS) is 10.8. The van der Waals surface area contributed by atoms with Crippen LogP contribution in [0.2, 0.25) is 6.04 Å². The summed E-state index contributed by atoms with van der Waals surface area (Å²) >= 11 is 0. The minimum absolute atomic E-state index is 0.0688. The maximum absolute atomic E-state index is 8.67. The van der Waals surface area contributed by atoms with Crippen molar-refractivity contribution in [2.24, 2.45) is 0 Å². The quantitative estimate of drug-likeness (QED) is 0.451. The molecule has 0 radical (unpaired) electrons. The lowest BCUT2D eigenvalue weighted by molar-refractivity contribution is 0.0780. The van der Waals surface area contributed by atoms with E-state index in [9.17, 15) is 0 Å². The SMILES string of the molecule is OCc1cn(COCC[SiH3])nn1. The molecular weight excluding hydrogens is 174 g/mol. The van der Waals surface area contributed by atoms with Crippen LogP contribution in [0.4, 0.5) is 0 Å². The summed E-state index contributed by atoms with van der Waals surface area (Å²) < 4.78 is 6.81. The molecule has 6 heteroatoms. The van der Waals surface area contributed by atoms with Crippen LogP contribution in [0.1, 0.15) is 5.69 Å². The summed E-state index contributed by atoms with van der Waals surface area (Å²) in [5.41, 5.74) is 0.574. The summed E-state index contributed by atoms with van der Waals surface area (Å²) in [7, 11) is 1.16. The zero-order valence-electron chi connectivity index (χ0n) is 7.10. The van der Waals surface area contributed by atoms with E-state index in [-0.39, 0.29) is 6.61 Å². The van der Waals surface area contributed by atoms with E-state index in [0.717, 1.165) is 22.9 Å². The Labute approximate surface area is 73.8 Å². The molecule has 0 bridgehead atoms. The highest BCUT2D eigenvalue weighted by atomic mass is 28.1. The zero-order chi connectivity index (χ0) is 8.81. The van der Waals surface area contributed by atoms with E-state index in [1.54, 1.807) is 10.9 Å². The fourth-order valence-electron chi connectivity index (χ4n) is 0.776. The molecule has 0 aromatic carbocycles. The summed E-state index contributed by atoms with van der Waals surface area (Å²) in [6.07, 6.45) is 1.67. The average Bonchev–Trinajstić information content (AvgIpc) is 2.53. The molecule has 0 fully saturated rings. The van der Waals surface area contributed by atoms with Crippen LogP contribution in [-0.2, 0) is 18.1 Å². The number of aliphatic hydroxyl groups excluding tert-OH is 1. The van der Waals surface area contributed by atoms with Gasteiger partial charge in [0.05, 0.1) is 12.8 Å². The molecule has 0 amide bonds. The largest absolute Gasteiger partial charge is 0.390 e. The van der Waals surface area contributed by atoms with Crippen molar-refractivity contribution in [2.45, 2.75) is 19.4 Å². The standard InChI is InChI=1S/C6H13N3O2Si/c10-4-6-3-9(8-7-6)5-11-1-2-12/h3,10H,1-2,4-5H2,12H3. The van der Waals surface area contributed by atoms with Gasteiger partial charge in [-0.05, 0) is 6.04 Å². The minimum Gasteiger partial charge on any atom is -0.390 e. The Hall–Kier alpha value is -0.723. The molecule has 0 aliphatic heterocycles. The second kappa shape index (κ2) is 5.02. The van der Waals surface area contributed by atoms with Crippen LogP contribution in [-0.4, -0.2) is 36.9 Å². The summed E-state index contributed by atoms with van der Waals surface area (Å²) in [6.45, 7) is 1.14. The fraction of sp³-hybridized carbons (Fsp3) is 0.667. The topological polar surface area (TPSA) is 60.2 Å². The highest BCUT2D eigenvalue weighted by molar-refractivity contribution is 6.08. The number of aromatic nitrogens is 3. The molecule has 0 saturated carbocycles. The maximum Gasteiger partial charge on any atom is 0.141 e. The Kier molecular flexibility index (Phi) is 3.92. The lowest BCUT2D eigenvalue weighted by Crippen LogP contribution is -2.03. The maximum atomic E-state index is 8.67. The van der Waals surface area contributed by atoms with Gasteiger partial charge < -0.3 is 9.84 Å². The number of nitrogens with zero attached hydrogens (tertiary/aromatic N) is 3. The van der Waals surface area contributed by atoms with Crippen LogP contribution in [0.15, 0.2) is 6.20 Å². The Morgan fingerprint density at radius 2 is 2.50 bits per heavy atom. The smallest absolute Gasteiger partial charge is 0.141 e. The van der Waals surface area contributed by atoms with Crippen molar-refractivity contribution in [1.82, 2.24) is 15.0 Å². The second-order valence-corrected chi connectivity index (χ2v) is 3.44. The average molecular weight is 187 g/mol.